The predicted octanol–water partition coefficient (Wildman–Crippen LogP) is 4.20. The van der Waals surface area contributed by atoms with E-state index in [9.17, 15) is 9.59 Å². The van der Waals surface area contributed by atoms with E-state index in [0.29, 0.717) is 22.7 Å². The quantitative estimate of drug-likeness (QED) is 0.481. The first-order valence-corrected chi connectivity index (χ1v) is 11.4. The summed E-state index contributed by atoms with van der Waals surface area (Å²) < 4.78 is 11.5. The van der Waals surface area contributed by atoms with Crippen LogP contribution in [-0.4, -0.2) is 44.6 Å². The molecule has 0 saturated heterocycles. The van der Waals surface area contributed by atoms with Gasteiger partial charge in [0.25, 0.3) is 11.8 Å². The zero-order valence-electron chi connectivity index (χ0n) is 19.0. The second kappa shape index (κ2) is 10.0. The number of nitrogens with one attached hydrogen (secondary N) is 2. The van der Waals surface area contributed by atoms with Gasteiger partial charge in [-0.25, -0.2) is 5.01 Å². The molecule has 3 aromatic carbocycles. The number of hydrogen-bond acceptors (Lipinski definition) is 6. The molecule has 1 atom stereocenters. The molecule has 9 heteroatoms. The lowest BCUT2D eigenvalue weighted by Crippen LogP contribution is -2.53. The standard InChI is InChI=1S/C25H25BrN4O4/c1-29(2)18-7-4-16(5-8-18)24-27-22-13-6-17(26)14-21(22)25(32)30(24)28-23(31)15-34-20-11-9-19(33-3)10-12-20/h4-14,24,27H,15H2,1-3H3,(H,28,31). The lowest BCUT2D eigenvalue weighted by Gasteiger charge is -2.38. The van der Waals surface area contributed by atoms with E-state index in [1.807, 2.05) is 55.4 Å². The number of benzene rings is 3. The number of rotatable bonds is 7. The lowest BCUT2D eigenvalue weighted by molar-refractivity contribution is -0.127. The molecule has 0 aliphatic carbocycles. The van der Waals surface area contributed by atoms with Gasteiger partial charge in [0.15, 0.2) is 6.61 Å². The number of methoxy groups -OCH3 is 1. The highest BCUT2D eigenvalue weighted by Gasteiger charge is 2.34. The van der Waals surface area contributed by atoms with Crippen LogP contribution in [-0.2, 0) is 4.79 Å². The van der Waals surface area contributed by atoms with Gasteiger partial charge >= 0.3 is 0 Å². The number of hydrazine groups is 1. The maximum Gasteiger partial charge on any atom is 0.276 e. The molecule has 2 amide bonds. The SMILES string of the molecule is COc1ccc(OCC(=O)NN2C(=O)c3cc(Br)ccc3NC2c2ccc(N(C)C)cc2)cc1. The number of carbonyl (C=O) groups excluding carboxylic acids is 2. The third-order valence-electron chi connectivity index (χ3n) is 5.38. The van der Waals surface area contributed by atoms with Crippen molar-refractivity contribution in [2.24, 2.45) is 0 Å². The van der Waals surface area contributed by atoms with Gasteiger partial charge in [0, 0.05) is 29.9 Å². The summed E-state index contributed by atoms with van der Waals surface area (Å²) in [6.45, 7) is -0.256. The molecule has 0 aromatic heterocycles. The Balaban J connectivity index is 1.55. The van der Waals surface area contributed by atoms with E-state index in [2.05, 4.69) is 26.7 Å². The Morgan fingerprint density at radius 2 is 1.74 bits per heavy atom. The largest absolute Gasteiger partial charge is 0.497 e. The Kier molecular flexibility index (Phi) is 6.93. The highest BCUT2D eigenvalue weighted by Crippen LogP contribution is 2.34. The van der Waals surface area contributed by atoms with Crippen molar-refractivity contribution in [2.75, 3.05) is 38.0 Å². The maximum atomic E-state index is 13.4. The Bertz CT molecular complexity index is 1180. The molecular weight excluding hydrogens is 500 g/mol. The topological polar surface area (TPSA) is 83.1 Å². The van der Waals surface area contributed by atoms with Crippen molar-refractivity contribution < 1.29 is 19.1 Å². The zero-order valence-corrected chi connectivity index (χ0v) is 20.6. The average molecular weight is 525 g/mol. The second-order valence-corrected chi connectivity index (χ2v) is 8.81. The van der Waals surface area contributed by atoms with Crippen molar-refractivity contribution in [3.8, 4) is 11.5 Å². The molecule has 0 bridgehead atoms. The Morgan fingerprint density at radius 3 is 2.38 bits per heavy atom. The number of carbonyl (C=O) groups is 2. The highest BCUT2D eigenvalue weighted by molar-refractivity contribution is 9.10. The van der Waals surface area contributed by atoms with Gasteiger partial charge < -0.3 is 19.7 Å². The molecule has 2 N–H and O–H groups in total. The molecule has 34 heavy (non-hydrogen) atoms. The van der Waals surface area contributed by atoms with Gasteiger partial charge in [-0.1, -0.05) is 28.1 Å². The van der Waals surface area contributed by atoms with Crippen LogP contribution in [0.2, 0.25) is 0 Å². The van der Waals surface area contributed by atoms with Gasteiger partial charge in [0.2, 0.25) is 0 Å². The lowest BCUT2D eigenvalue weighted by atomic mass is 10.0. The molecule has 0 saturated carbocycles. The number of nitrogens with zero attached hydrogens (tertiary/aromatic N) is 2. The smallest absolute Gasteiger partial charge is 0.276 e. The van der Waals surface area contributed by atoms with Crippen molar-refractivity contribution in [1.82, 2.24) is 10.4 Å². The fourth-order valence-corrected chi connectivity index (χ4v) is 3.93. The third-order valence-corrected chi connectivity index (χ3v) is 5.87. The number of ether oxygens (including phenoxy) is 2. The van der Waals surface area contributed by atoms with Crippen LogP contribution in [0.15, 0.2) is 71.2 Å². The zero-order chi connectivity index (χ0) is 24.2. The van der Waals surface area contributed by atoms with Crippen LogP contribution >= 0.6 is 15.9 Å². The van der Waals surface area contributed by atoms with Gasteiger partial charge in [0.05, 0.1) is 12.7 Å². The van der Waals surface area contributed by atoms with Crippen LogP contribution in [0.3, 0.4) is 0 Å². The Labute approximate surface area is 206 Å². The number of halogens is 1. The number of anilines is 2. The fourth-order valence-electron chi connectivity index (χ4n) is 3.57. The van der Waals surface area contributed by atoms with Crippen molar-refractivity contribution in [1.29, 1.82) is 0 Å². The minimum absolute atomic E-state index is 0.256. The van der Waals surface area contributed by atoms with E-state index in [1.54, 1.807) is 37.4 Å². The van der Waals surface area contributed by atoms with E-state index in [0.717, 1.165) is 15.7 Å². The Hall–Kier alpha value is -3.72. The van der Waals surface area contributed by atoms with Crippen LogP contribution in [0.4, 0.5) is 11.4 Å². The van der Waals surface area contributed by atoms with Crippen molar-refractivity contribution in [3.63, 3.8) is 0 Å². The van der Waals surface area contributed by atoms with Crippen LogP contribution in [0.1, 0.15) is 22.1 Å². The molecule has 176 valence electrons. The minimum atomic E-state index is -0.595. The Morgan fingerprint density at radius 1 is 1.06 bits per heavy atom. The van der Waals surface area contributed by atoms with Gasteiger partial charge in [-0.3, -0.25) is 15.0 Å². The number of amides is 2. The summed E-state index contributed by atoms with van der Waals surface area (Å²) in [6, 6.07) is 20.1. The highest BCUT2D eigenvalue weighted by atomic mass is 79.9. The molecule has 3 aromatic rings. The molecule has 8 nitrogen and oxygen atoms in total. The second-order valence-electron chi connectivity index (χ2n) is 7.90. The van der Waals surface area contributed by atoms with E-state index in [4.69, 9.17) is 9.47 Å². The summed E-state index contributed by atoms with van der Waals surface area (Å²) in [4.78, 5) is 28.1. The predicted molar refractivity (Wildman–Crippen MR) is 134 cm³/mol. The molecule has 1 heterocycles. The summed E-state index contributed by atoms with van der Waals surface area (Å²) in [5.74, 6) is 0.424. The molecule has 1 aliphatic heterocycles. The van der Waals surface area contributed by atoms with Gasteiger partial charge in [-0.15, -0.1) is 0 Å². The molecule has 1 unspecified atom stereocenters. The van der Waals surface area contributed by atoms with Gasteiger partial charge in [-0.05, 0) is 60.2 Å². The van der Waals surface area contributed by atoms with Crippen LogP contribution < -0.4 is 25.1 Å². The molecule has 0 radical (unpaired) electrons. The van der Waals surface area contributed by atoms with Crippen LogP contribution in [0, 0.1) is 0 Å². The van der Waals surface area contributed by atoms with Crippen molar-refractivity contribution >= 4 is 39.1 Å². The summed E-state index contributed by atoms with van der Waals surface area (Å²) in [7, 11) is 5.50. The molecule has 0 fully saturated rings. The summed E-state index contributed by atoms with van der Waals surface area (Å²) >= 11 is 3.41. The first kappa shape index (κ1) is 23.4. The van der Waals surface area contributed by atoms with Crippen molar-refractivity contribution in [2.45, 2.75) is 6.17 Å². The summed E-state index contributed by atoms with van der Waals surface area (Å²) in [6.07, 6.45) is -0.595. The van der Waals surface area contributed by atoms with E-state index in [1.165, 1.54) is 5.01 Å². The van der Waals surface area contributed by atoms with Crippen LogP contribution in [0.5, 0.6) is 11.5 Å². The summed E-state index contributed by atoms with van der Waals surface area (Å²) in [5, 5.41) is 4.67. The van der Waals surface area contributed by atoms with Crippen LogP contribution in [0.25, 0.3) is 0 Å². The van der Waals surface area contributed by atoms with Gasteiger partial charge in [0.1, 0.15) is 17.7 Å². The van der Waals surface area contributed by atoms with E-state index >= 15 is 0 Å². The molecule has 1 aliphatic rings. The molecule has 0 spiro atoms. The van der Waals surface area contributed by atoms with E-state index in [-0.39, 0.29) is 12.5 Å². The van der Waals surface area contributed by atoms with Crippen molar-refractivity contribution in [3.05, 3.63) is 82.3 Å². The van der Waals surface area contributed by atoms with E-state index < -0.39 is 12.1 Å². The maximum absolute atomic E-state index is 13.4. The molecular formula is C25H25BrN4O4. The third kappa shape index (κ3) is 5.09. The normalized spacial score (nSPS) is 14.6. The number of fused-ring (bicyclic) bond motifs is 1. The first-order valence-electron chi connectivity index (χ1n) is 10.6. The minimum Gasteiger partial charge on any atom is -0.497 e. The monoisotopic (exact) mass is 524 g/mol. The number of hydrogen-bond donors (Lipinski definition) is 2. The molecule has 4 rings (SSSR count). The fraction of sp³-hybridized carbons (Fsp3) is 0.200. The first-order chi connectivity index (χ1) is 16.4. The average Bonchev–Trinajstić information content (AvgIpc) is 2.85. The summed E-state index contributed by atoms with van der Waals surface area (Å²) in [5.41, 5.74) is 5.70. The van der Waals surface area contributed by atoms with Gasteiger partial charge in [-0.2, -0.15) is 0 Å².